The van der Waals surface area contributed by atoms with Gasteiger partial charge in [0.2, 0.25) is 6.29 Å². The van der Waals surface area contributed by atoms with Gasteiger partial charge in [-0.1, -0.05) is 60.7 Å². The normalized spacial score (nSPS) is 41.7. The number of hydrogen-bond donors (Lipinski definition) is 11. The van der Waals surface area contributed by atoms with Gasteiger partial charge in [-0.25, -0.2) is 0 Å². The number of benzene rings is 2. The highest BCUT2D eigenvalue weighted by molar-refractivity contribution is 5.57. The molecule has 20 heteroatoms. The Morgan fingerprint density at radius 2 is 1.27 bits per heavy atom. The Kier molecular flexibility index (Phi) is 15.8. The number of aliphatic hydroxyl groups is 11. The number of ether oxygens (including phenoxy) is 9. The summed E-state index contributed by atoms with van der Waals surface area (Å²) < 4.78 is 52.9. The van der Waals surface area contributed by atoms with Crippen molar-refractivity contribution in [2.75, 3.05) is 33.0 Å². The quantitative estimate of drug-likeness (QED) is 0.0773. The van der Waals surface area contributed by atoms with Crippen molar-refractivity contribution in [3.63, 3.8) is 0 Å². The van der Waals surface area contributed by atoms with Crippen LogP contribution in [0.1, 0.15) is 18.1 Å². The maximum Gasteiger partial charge on any atom is 0.229 e. The van der Waals surface area contributed by atoms with Crippen molar-refractivity contribution in [1.29, 1.82) is 0 Å². The van der Waals surface area contributed by atoms with Gasteiger partial charge in [0.25, 0.3) is 0 Å². The van der Waals surface area contributed by atoms with Gasteiger partial charge in [-0.3, -0.25) is 0 Å². The Labute approximate surface area is 338 Å². The lowest BCUT2D eigenvalue weighted by Gasteiger charge is -2.47. The molecular formula is C39H54O20. The first kappa shape index (κ1) is 45.7. The van der Waals surface area contributed by atoms with E-state index in [0.717, 1.165) is 0 Å². The number of rotatable bonds is 16. The minimum atomic E-state index is -1.99. The molecule has 0 unspecified atom stereocenters. The lowest BCUT2D eigenvalue weighted by molar-refractivity contribution is -0.359. The van der Waals surface area contributed by atoms with Crippen LogP contribution < -0.4 is 4.74 Å². The van der Waals surface area contributed by atoms with Crippen LogP contribution in [-0.4, -0.2) is 199 Å². The fourth-order valence-corrected chi connectivity index (χ4v) is 7.03. The van der Waals surface area contributed by atoms with Gasteiger partial charge >= 0.3 is 0 Å². The zero-order valence-corrected chi connectivity index (χ0v) is 32.0. The van der Waals surface area contributed by atoms with Gasteiger partial charge in [0.1, 0.15) is 84.6 Å². The van der Waals surface area contributed by atoms with E-state index in [0.29, 0.717) is 11.1 Å². The van der Waals surface area contributed by atoms with E-state index in [1.165, 1.54) is 13.0 Å². The molecule has 4 aliphatic rings. The summed E-state index contributed by atoms with van der Waals surface area (Å²) in [5.41, 5.74) is -0.834. The third kappa shape index (κ3) is 10.5. The molecule has 0 aromatic heterocycles. The zero-order chi connectivity index (χ0) is 42.4. The summed E-state index contributed by atoms with van der Waals surface area (Å²) in [5.74, 6) is 0.176. The van der Waals surface area contributed by atoms with Gasteiger partial charge < -0.3 is 98.8 Å². The Morgan fingerprint density at radius 3 is 1.92 bits per heavy atom. The maximum absolute atomic E-state index is 11.7. The topological polar surface area (TPSA) is 306 Å². The summed E-state index contributed by atoms with van der Waals surface area (Å²) in [6.45, 7) is -1.23. The van der Waals surface area contributed by atoms with Crippen LogP contribution in [0.25, 0.3) is 6.08 Å². The standard InChI is InChI=1S/C39H54O20/c1-19-25(42)28(45)31(48)35(55-19)52-15-24-27(44)30(47)33(37(58-24)56-22-12-6-5-10-21(22)11-7-13-40)59-32-29(46)26(43)23(16-53-38-34(49)39(50,17-41)18-54-38)57-36(32)51-14-20-8-3-2-4-9-20/h2-12,19,23-38,40-50H,13-18H2,1H3/b11-7+/t19-,23-,24+,25-,26-,27+,28+,29+,30-,31+,32-,33+,34-,35+,36-,37+,38+,39+/m0/s1. The van der Waals surface area contributed by atoms with Crippen LogP contribution >= 0.6 is 0 Å². The first-order valence-electron chi connectivity index (χ1n) is 19.2. The van der Waals surface area contributed by atoms with E-state index in [1.807, 2.05) is 0 Å². The molecule has 18 atom stereocenters. The maximum atomic E-state index is 11.7. The molecule has 0 aliphatic carbocycles. The molecule has 59 heavy (non-hydrogen) atoms. The van der Waals surface area contributed by atoms with E-state index < -0.39 is 137 Å². The van der Waals surface area contributed by atoms with E-state index in [4.69, 9.17) is 42.6 Å². The van der Waals surface area contributed by atoms with Crippen molar-refractivity contribution in [2.45, 2.75) is 124 Å². The zero-order valence-electron chi connectivity index (χ0n) is 32.0. The minimum absolute atomic E-state index is 0.0918. The second kappa shape index (κ2) is 20.4. The highest BCUT2D eigenvalue weighted by Gasteiger charge is 2.54. The van der Waals surface area contributed by atoms with Crippen LogP contribution in [0.3, 0.4) is 0 Å². The number of hydrogen-bond acceptors (Lipinski definition) is 20. The molecule has 0 radical (unpaired) electrons. The molecule has 0 spiro atoms. The lowest BCUT2D eigenvalue weighted by atomic mass is 9.96. The Bertz CT molecular complexity index is 1620. The monoisotopic (exact) mass is 842 g/mol. The van der Waals surface area contributed by atoms with E-state index in [1.54, 1.807) is 60.7 Å². The highest BCUT2D eigenvalue weighted by Crippen LogP contribution is 2.35. The molecule has 20 nitrogen and oxygen atoms in total. The first-order chi connectivity index (χ1) is 28.3. The number of para-hydroxylation sites is 1. The molecule has 4 saturated heterocycles. The van der Waals surface area contributed by atoms with Gasteiger partial charge in [0.05, 0.1) is 45.7 Å². The van der Waals surface area contributed by atoms with E-state index in [-0.39, 0.29) is 19.0 Å². The van der Waals surface area contributed by atoms with Crippen LogP contribution in [-0.2, 0) is 44.5 Å². The van der Waals surface area contributed by atoms with E-state index in [2.05, 4.69) is 0 Å². The average molecular weight is 843 g/mol. The summed E-state index contributed by atoms with van der Waals surface area (Å²) in [6.07, 6.45) is -23.5. The fraction of sp³-hybridized carbons (Fsp3) is 0.641. The Morgan fingerprint density at radius 1 is 0.661 bits per heavy atom. The predicted octanol–water partition coefficient (Wildman–Crippen LogP) is -3.76. The van der Waals surface area contributed by atoms with Crippen molar-refractivity contribution < 1.29 is 98.8 Å². The van der Waals surface area contributed by atoms with Crippen LogP contribution in [0.15, 0.2) is 60.7 Å². The van der Waals surface area contributed by atoms with Gasteiger partial charge in [0.15, 0.2) is 18.9 Å². The lowest BCUT2D eigenvalue weighted by Crippen LogP contribution is -2.66. The molecule has 2 aromatic carbocycles. The first-order valence-corrected chi connectivity index (χ1v) is 19.2. The van der Waals surface area contributed by atoms with Crippen molar-refractivity contribution in [1.82, 2.24) is 0 Å². The molecule has 0 amide bonds. The van der Waals surface area contributed by atoms with Crippen LogP contribution in [0.2, 0.25) is 0 Å². The second-order valence-corrected chi connectivity index (χ2v) is 14.9. The van der Waals surface area contributed by atoms with E-state index in [9.17, 15) is 56.2 Å². The highest BCUT2D eigenvalue weighted by atomic mass is 16.8. The summed E-state index contributed by atoms with van der Waals surface area (Å²) in [7, 11) is 0. The summed E-state index contributed by atoms with van der Waals surface area (Å²) in [6, 6.07) is 15.4. The molecule has 330 valence electrons. The Hall–Kier alpha value is -2.78. The molecule has 0 bridgehead atoms. The van der Waals surface area contributed by atoms with Gasteiger partial charge in [-0.2, -0.15) is 0 Å². The third-order valence-corrected chi connectivity index (χ3v) is 10.7. The molecule has 4 fully saturated rings. The predicted molar refractivity (Wildman–Crippen MR) is 196 cm³/mol. The summed E-state index contributed by atoms with van der Waals surface area (Å²) in [5, 5.41) is 117. The van der Waals surface area contributed by atoms with E-state index >= 15 is 0 Å². The molecular weight excluding hydrogens is 788 g/mol. The van der Waals surface area contributed by atoms with Crippen molar-refractivity contribution in [3.8, 4) is 5.75 Å². The largest absolute Gasteiger partial charge is 0.461 e. The van der Waals surface area contributed by atoms with Crippen LogP contribution in [0, 0.1) is 0 Å². The Balaban J connectivity index is 1.24. The second-order valence-electron chi connectivity index (χ2n) is 14.9. The smallest absolute Gasteiger partial charge is 0.229 e. The van der Waals surface area contributed by atoms with Crippen molar-refractivity contribution in [2.24, 2.45) is 0 Å². The minimum Gasteiger partial charge on any atom is -0.461 e. The van der Waals surface area contributed by atoms with Crippen molar-refractivity contribution in [3.05, 3.63) is 71.8 Å². The molecule has 11 N–H and O–H groups in total. The molecule has 2 aromatic rings. The third-order valence-electron chi connectivity index (χ3n) is 10.7. The molecule has 0 saturated carbocycles. The number of aliphatic hydroxyl groups excluding tert-OH is 10. The van der Waals surface area contributed by atoms with Crippen LogP contribution in [0.5, 0.6) is 5.75 Å². The van der Waals surface area contributed by atoms with Crippen LogP contribution in [0.4, 0.5) is 0 Å². The van der Waals surface area contributed by atoms with Gasteiger partial charge in [-0.05, 0) is 18.6 Å². The SMILES string of the molecule is C[C@@H]1O[C@@H](OC[C@H]2O[C@@H](Oc3ccccc3/C=C/CO)[C@H](O[C@@H]3[C@@H](OCc4ccccc4)O[C@@H](CO[C@@H]4OC[C@](O)(CO)[C@H]4O)[C@H](O)[C@H]3O)[C@@H](O)[C@@H]2O)[C@H](O)[C@H](O)[C@H]1O. The van der Waals surface area contributed by atoms with Crippen molar-refractivity contribution >= 4 is 6.08 Å². The van der Waals surface area contributed by atoms with Gasteiger partial charge in [-0.15, -0.1) is 0 Å². The fourth-order valence-electron chi connectivity index (χ4n) is 7.03. The molecule has 6 rings (SSSR count). The van der Waals surface area contributed by atoms with Gasteiger partial charge in [0, 0.05) is 5.56 Å². The summed E-state index contributed by atoms with van der Waals surface area (Å²) in [4.78, 5) is 0. The average Bonchev–Trinajstić information content (AvgIpc) is 3.53. The molecule has 4 heterocycles. The summed E-state index contributed by atoms with van der Waals surface area (Å²) >= 11 is 0. The molecule has 4 aliphatic heterocycles.